The van der Waals surface area contributed by atoms with Gasteiger partial charge in [0.05, 0.1) is 5.92 Å². The van der Waals surface area contributed by atoms with E-state index in [2.05, 4.69) is 17.6 Å². The number of nitrogens with zero attached hydrogens (tertiary/aromatic N) is 1. The number of carbonyl (C=O) groups excluding carboxylic acids is 2. The Morgan fingerprint density at radius 3 is 2.72 bits per heavy atom. The summed E-state index contributed by atoms with van der Waals surface area (Å²) in [5, 5.41) is 6.17. The summed E-state index contributed by atoms with van der Waals surface area (Å²) in [6, 6.07) is 0. The molecule has 2 N–H and O–H groups in total. The van der Waals surface area contributed by atoms with Gasteiger partial charge in [-0.15, -0.1) is 0 Å². The lowest BCUT2D eigenvalue weighted by atomic mass is 9.97. The number of carbonyl (C=O) groups is 2. The van der Waals surface area contributed by atoms with Crippen molar-refractivity contribution in [2.45, 2.75) is 33.1 Å². The topological polar surface area (TPSA) is 61.4 Å². The van der Waals surface area contributed by atoms with Crippen LogP contribution in [0.25, 0.3) is 0 Å². The molecule has 104 valence electrons. The first-order valence-corrected chi connectivity index (χ1v) is 6.89. The van der Waals surface area contributed by atoms with E-state index in [9.17, 15) is 9.59 Å². The van der Waals surface area contributed by atoms with E-state index >= 15 is 0 Å². The van der Waals surface area contributed by atoms with Gasteiger partial charge in [-0.3, -0.25) is 9.59 Å². The van der Waals surface area contributed by atoms with E-state index in [1.807, 2.05) is 0 Å². The Balaban J connectivity index is 2.22. The fourth-order valence-corrected chi connectivity index (χ4v) is 2.20. The molecule has 0 saturated carbocycles. The van der Waals surface area contributed by atoms with Crippen LogP contribution >= 0.6 is 0 Å². The molecular formula is C13H25N3O2. The molecule has 0 aromatic rings. The maximum absolute atomic E-state index is 11.9. The minimum Gasteiger partial charge on any atom is -0.355 e. The maximum atomic E-state index is 11.9. The quantitative estimate of drug-likeness (QED) is 0.674. The molecule has 1 unspecified atom stereocenters. The predicted octanol–water partition coefficient (Wildman–Crippen LogP) is 0.361. The number of likely N-dealkylation sites (tertiary alicyclic amines) is 1. The third kappa shape index (κ3) is 5.04. The molecule has 0 aromatic heterocycles. The summed E-state index contributed by atoms with van der Waals surface area (Å²) in [5.74, 6) is 0.116. The predicted molar refractivity (Wildman–Crippen MR) is 71.1 cm³/mol. The van der Waals surface area contributed by atoms with Crippen LogP contribution < -0.4 is 10.6 Å². The van der Waals surface area contributed by atoms with Crippen molar-refractivity contribution in [1.29, 1.82) is 0 Å². The van der Waals surface area contributed by atoms with Crippen LogP contribution in [0, 0.1) is 5.92 Å². The molecule has 1 heterocycles. The van der Waals surface area contributed by atoms with Gasteiger partial charge in [0.25, 0.3) is 0 Å². The molecule has 1 rings (SSSR count). The van der Waals surface area contributed by atoms with Crippen molar-refractivity contribution in [3.05, 3.63) is 0 Å². The summed E-state index contributed by atoms with van der Waals surface area (Å²) in [7, 11) is 0. The minimum absolute atomic E-state index is 0.0335. The summed E-state index contributed by atoms with van der Waals surface area (Å²) in [6.07, 6.45) is 2.91. The summed E-state index contributed by atoms with van der Waals surface area (Å²) in [4.78, 5) is 25.0. The minimum atomic E-state index is -0.0335. The van der Waals surface area contributed by atoms with Gasteiger partial charge in [0.1, 0.15) is 0 Å². The zero-order chi connectivity index (χ0) is 13.4. The van der Waals surface area contributed by atoms with Gasteiger partial charge in [-0.2, -0.15) is 0 Å². The molecule has 0 radical (unpaired) electrons. The first-order chi connectivity index (χ1) is 8.65. The first kappa shape index (κ1) is 15.0. The van der Waals surface area contributed by atoms with Gasteiger partial charge in [-0.05, 0) is 25.8 Å². The lowest BCUT2D eigenvalue weighted by Gasteiger charge is -2.31. The van der Waals surface area contributed by atoms with E-state index in [-0.39, 0.29) is 17.7 Å². The number of amides is 2. The van der Waals surface area contributed by atoms with E-state index in [4.69, 9.17) is 0 Å². The number of hydrogen-bond donors (Lipinski definition) is 2. The van der Waals surface area contributed by atoms with E-state index in [1.54, 1.807) is 11.8 Å². The summed E-state index contributed by atoms with van der Waals surface area (Å²) in [5.41, 5.74) is 0. The van der Waals surface area contributed by atoms with Crippen molar-refractivity contribution in [2.24, 2.45) is 5.92 Å². The Morgan fingerprint density at radius 1 is 1.28 bits per heavy atom. The van der Waals surface area contributed by atoms with Crippen molar-refractivity contribution in [1.82, 2.24) is 15.5 Å². The van der Waals surface area contributed by atoms with E-state index in [1.165, 1.54) is 0 Å². The summed E-state index contributed by atoms with van der Waals surface area (Å²) in [6.45, 7) is 7.50. The van der Waals surface area contributed by atoms with Gasteiger partial charge in [-0.25, -0.2) is 0 Å². The third-order valence-corrected chi connectivity index (χ3v) is 3.27. The standard InChI is InChI=1S/C13H25N3O2/c1-3-6-14-7-8-15-13(18)12-5-4-9-16(10-12)11(2)17/h12,14H,3-10H2,1-2H3,(H,15,18). The van der Waals surface area contributed by atoms with Crippen LogP contribution in [0.1, 0.15) is 33.1 Å². The molecule has 1 aliphatic heterocycles. The largest absolute Gasteiger partial charge is 0.355 e. The Morgan fingerprint density at radius 2 is 2.06 bits per heavy atom. The number of rotatable bonds is 6. The van der Waals surface area contributed by atoms with Crippen LogP contribution in [0.2, 0.25) is 0 Å². The van der Waals surface area contributed by atoms with Crippen LogP contribution in [0.15, 0.2) is 0 Å². The van der Waals surface area contributed by atoms with Crippen molar-refractivity contribution in [3.63, 3.8) is 0 Å². The molecule has 5 heteroatoms. The molecule has 2 amide bonds. The second kappa shape index (κ2) is 8.08. The molecule has 18 heavy (non-hydrogen) atoms. The van der Waals surface area contributed by atoms with Gasteiger partial charge in [0.15, 0.2) is 0 Å². The molecule has 1 fully saturated rings. The zero-order valence-electron chi connectivity index (χ0n) is 11.5. The van der Waals surface area contributed by atoms with Gasteiger partial charge in [0, 0.05) is 33.1 Å². The van der Waals surface area contributed by atoms with Crippen LogP contribution in [-0.4, -0.2) is 49.4 Å². The van der Waals surface area contributed by atoms with Crippen LogP contribution in [0.5, 0.6) is 0 Å². The van der Waals surface area contributed by atoms with Gasteiger partial charge >= 0.3 is 0 Å². The van der Waals surface area contributed by atoms with Crippen molar-refractivity contribution >= 4 is 11.8 Å². The lowest BCUT2D eigenvalue weighted by Crippen LogP contribution is -2.45. The van der Waals surface area contributed by atoms with E-state index in [0.717, 1.165) is 38.9 Å². The smallest absolute Gasteiger partial charge is 0.224 e. The average molecular weight is 255 g/mol. The van der Waals surface area contributed by atoms with Crippen LogP contribution in [-0.2, 0) is 9.59 Å². The number of piperidine rings is 1. The Hall–Kier alpha value is -1.10. The molecule has 0 aliphatic carbocycles. The fourth-order valence-electron chi connectivity index (χ4n) is 2.20. The first-order valence-electron chi connectivity index (χ1n) is 6.89. The van der Waals surface area contributed by atoms with Crippen molar-refractivity contribution in [2.75, 3.05) is 32.7 Å². The van der Waals surface area contributed by atoms with Crippen LogP contribution in [0.4, 0.5) is 0 Å². The third-order valence-electron chi connectivity index (χ3n) is 3.27. The SMILES string of the molecule is CCCNCCNC(=O)C1CCCN(C(C)=O)C1. The van der Waals surface area contributed by atoms with Gasteiger partial charge in [0.2, 0.25) is 11.8 Å². The summed E-state index contributed by atoms with van der Waals surface area (Å²) < 4.78 is 0. The second-order valence-corrected chi connectivity index (χ2v) is 4.85. The highest BCUT2D eigenvalue weighted by atomic mass is 16.2. The number of nitrogens with one attached hydrogen (secondary N) is 2. The Kier molecular flexibility index (Phi) is 6.72. The molecule has 0 spiro atoms. The van der Waals surface area contributed by atoms with Crippen molar-refractivity contribution < 1.29 is 9.59 Å². The lowest BCUT2D eigenvalue weighted by molar-refractivity contribution is -0.133. The number of hydrogen-bond acceptors (Lipinski definition) is 3. The maximum Gasteiger partial charge on any atom is 0.224 e. The van der Waals surface area contributed by atoms with Crippen molar-refractivity contribution in [3.8, 4) is 0 Å². The normalized spacial score (nSPS) is 19.7. The summed E-state index contributed by atoms with van der Waals surface area (Å²) >= 11 is 0. The zero-order valence-corrected chi connectivity index (χ0v) is 11.5. The monoisotopic (exact) mass is 255 g/mol. The molecule has 0 aromatic carbocycles. The average Bonchev–Trinajstić information content (AvgIpc) is 2.38. The highest BCUT2D eigenvalue weighted by Gasteiger charge is 2.26. The fraction of sp³-hybridized carbons (Fsp3) is 0.846. The molecule has 1 atom stereocenters. The van der Waals surface area contributed by atoms with Gasteiger partial charge < -0.3 is 15.5 Å². The molecule has 1 aliphatic rings. The van der Waals surface area contributed by atoms with E-state index in [0.29, 0.717) is 13.1 Å². The Labute approximate surface area is 109 Å². The molecule has 0 bridgehead atoms. The second-order valence-electron chi connectivity index (χ2n) is 4.85. The van der Waals surface area contributed by atoms with Gasteiger partial charge in [-0.1, -0.05) is 6.92 Å². The highest BCUT2D eigenvalue weighted by molar-refractivity contribution is 5.80. The van der Waals surface area contributed by atoms with E-state index < -0.39 is 0 Å². The van der Waals surface area contributed by atoms with Crippen LogP contribution in [0.3, 0.4) is 0 Å². The highest BCUT2D eigenvalue weighted by Crippen LogP contribution is 2.16. The molecule has 5 nitrogen and oxygen atoms in total. The molecular weight excluding hydrogens is 230 g/mol. The Bertz CT molecular complexity index is 281. The molecule has 1 saturated heterocycles.